The van der Waals surface area contributed by atoms with Crippen LogP contribution in [0.15, 0.2) is 5.16 Å². The van der Waals surface area contributed by atoms with Crippen molar-refractivity contribution in [1.29, 1.82) is 0 Å². The second-order valence-corrected chi connectivity index (χ2v) is 4.84. The first-order chi connectivity index (χ1) is 7.69. The molecule has 1 unspecified atom stereocenters. The fraction of sp³-hybridized carbons (Fsp3) is 0.727. The Kier molecular flexibility index (Phi) is 5.04. The van der Waals surface area contributed by atoms with Gasteiger partial charge in [0.05, 0.1) is 10.8 Å². The fourth-order valence-electron chi connectivity index (χ4n) is 1.58. The molecule has 0 aliphatic heterocycles. The number of nitrogens with zero attached hydrogens (tertiary/aromatic N) is 1. The van der Waals surface area contributed by atoms with Gasteiger partial charge in [-0.3, -0.25) is 4.79 Å². The third-order valence-electron chi connectivity index (χ3n) is 2.85. The summed E-state index contributed by atoms with van der Waals surface area (Å²) in [5.41, 5.74) is -2.06. The average Bonchev–Trinajstić information content (AvgIpc) is 2.24. The molecule has 0 heterocycles. The normalized spacial score (nSPS) is 14.4. The van der Waals surface area contributed by atoms with Gasteiger partial charge in [-0.1, -0.05) is 6.92 Å². The highest BCUT2D eigenvalue weighted by molar-refractivity contribution is 5.79. The zero-order valence-corrected chi connectivity index (χ0v) is 10.4. The van der Waals surface area contributed by atoms with Crippen LogP contribution in [0, 0.1) is 10.8 Å². The summed E-state index contributed by atoms with van der Waals surface area (Å²) in [5.74, 6) is -1.72. The standard InChI is InChI=1S/C11H17NO5/c1-5-11(4,8(14)15)6-10(2,3)9(16)17-12-7-13/h5-6H2,1-4H3,(H,14,15). The van der Waals surface area contributed by atoms with E-state index in [1.54, 1.807) is 27.7 Å². The van der Waals surface area contributed by atoms with Crippen molar-refractivity contribution in [2.45, 2.75) is 40.5 Å². The summed E-state index contributed by atoms with van der Waals surface area (Å²) in [6, 6.07) is 0. The quantitative estimate of drug-likeness (QED) is 0.331. The van der Waals surface area contributed by atoms with Gasteiger partial charge in [0.2, 0.25) is 0 Å². The van der Waals surface area contributed by atoms with Gasteiger partial charge in [-0.2, -0.15) is 0 Å². The van der Waals surface area contributed by atoms with Crippen LogP contribution in [0.2, 0.25) is 0 Å². The first-order valence-electron chi connectivity index (χ1n) is 5.21. The van der Waals surface area contributed by atoms with Gasteiger partial charge in [-0.15, -0.1) is 0 Å². The number of carbonyl (C=O) groups excluding carboxylic acids is 2. The van der Waals surface area contributed by atoms with Crippen molar-refractivity contribution < 1.29 is 24.3 Å². The predicted octanol–water partition coefficient (Wildman–Crippen LogP) is 1.70. The second kappa shape index (κ2) is 5.59. The zero-order chi connectivity index (χ0) is 13.7. The fourth-order valence-corrected chi connectivity index (χ4v) is 1.58. The van der Waals surface area contributed by atoms with Crippen LogP contribution in [-0.4, -0.2) is 23.1 Å². The van der Waals surface area contributed by atoms with Gasteiger partial charge in [0.25, 0.3) is 6.08 Å². The Balaban J connectivity index is 4.89. The number of carbonyl (C=O) groups is 2. The number of hydrogen-bond acceptors (Lipinski definition) is 5. The van der Waals surface area contributed by atoms with Crippen LogP contribution in [-0.2, 0) is 19.2 Å². The Hall–Kier alpha value is -1.68. The van der Waals surface area contributed by atoms with Gasteiger partial charge >= 0.3 is 11.9 Å². The molecule has 17 heavy (non-hydrogen) atoms. The topological polar surface area (TPSA) is 93.0 Å². The van der Waals surface area contributed by atoms with E-state index in [0.29, 0.717) is 6.42 Å². The first kappa shape index (κ1) is 15.3. The lowest BCUT2D eigenvalue weighted by molar-refractivity contribution is -0.160. The van der Waals surface area contributed by atoms with Gasteiger partial charge in [-0.05, 0) is 33.6 Å². The van der Waals surface area contributed by atoms with E-state index in [0.717, 1.165) is 6.08 Å². The molecule has 0 radical (unpaired) electrons. The summed E-state index contributed by atoms with van der Waals surface area (Å²) in [6.45, 7) is 6.39. The molecule has 0 rings (SSSR count). The molecule has 0 aromatic heterocycles. The Morgan fingerprint density at radius 1 is 1.35 bits per heavy atom. The van der Waals surface area contributed by atoms with Crippen molar-refractivity contribution in [2.75, 3.05) is 0 Å². The number of aliphatic carboxylic acids is 1. The molecular weight excluding hydrogens is 226 g/mol. The van der Waals surface area contributed by atoms with Crippen molar-refractivity contribution in [1.82, 2.24) is 0 Å². The molecule has 0 aromatic rings. The summed E-state index contributed by atoms with van der Waals surface area (Å²) in [6.07, 6.45) is 1.57. The molecule has 6 heteroatoms. The van der Waals surface area contributed by atoms with Gasteiger partial charge in [0.15, 0.2) is 0 Å². The molecule has 0 aliphatic carbocycles. The number of carboxylic acid groups (broad SMARTS) is 1. The van der Waals surface area contributed by atoms with Crippen LogP contribution in [0.5, 0.6) is 0 Å². The smallest absolute Gasteiger partial charge is 0.341 e. The predicted molar refractivity (Wildman–Crippen MR) is 58.6 cm³/mol. The molecule has 0 saturated heterocycles. The van der Waals surface area contributed by atoms with Crippen molar-refractivity contribution in [2.24, 2.45) is 16.0 Å². The molecule has 0 aliphatic rings. The van der Waals surface area contributed by atoms with Crippen molar-refractivity contribution in [3.8, 4) is 0 Å². The SMILES string of the molecule is CCC(C)(CC(C)(C)C(=O)ON=C=O)C(=O)O. The molecule has 0 bridgehead atoms. The van der Waals surface area contributed by atoms with Crippen LogP contribution < -0.4 is 0 Å². The van der Waals surface area contributed by atoms with E-state index >= 15 is 0 Å². The Morgan fingerprint density at radius 2 is 1.88 bits per heavy atom. The Morgan fingerprint density at radius 3 is 2.24 bits per heavy atom. The van der Waals surface area contributed by atoms with Gasteiger partial charge in [0, 0.05) is 5.16 Å². The summed E-state index contributed by atoms with van der Waals surface area (Å²) in [5, 5.41) is 11.9. The minimum atomic E-state index is -1.04. The Bertz CT molecular complexity index is 357. The summed E-state index contributed by atoms with van der Waals surface area (Å²) < 4.78 is 0. The zero-order valence-electron chi connectivity index (χ0n) is 10.4. The summed E-state index contributed by atoms with van der Waals surface area (Å²) in [4.78, 5) is 36.8. The molecule has 1 N–H and O–H groups in total. The largest absolute Gasteiger partial charge is 0.481 e. The molecule has 0 aromatic carbocycles. The van der Waals surface area contributed by atoms with Crippen LogP contribution in [0.1, 0.15) is 40.5 Å². The van der Waals surface area contributed by atoms with E-state index in [4.69, 9.17) is 5.11 Å². The van der Waals surface area contributed by atoms with Crippen molar-refractivity contribution in [3.05, 3.63) is 0 Å². The number of rotatable bonds is 6. The first-order valence-corrected chi connectivity index (χ1v) is 5.21. The van der Waals surface area contributed by atoms with Gasteiger partial charge in [-0.25, -0.2) is 9.59 Å². The lowest BCUT2D eigenvalue weighted by Crippen LogP contribution is -2.37. The van der Waals surface area contributed by atoms with Gasteiger partial charge < -0.3 is 9.94 Å². The van der Waals surface area contributed by atoms with E-state index in [9.17, 15) is 14.4 Å². The van der Waals surface area contributed by atoms with E-state index in [2.05, 4.69) is 9.99 Å². The molecule has 0 saturated carbocycles. The molecular formula is C11H17NO5. The van der Waals surface area contributed by atoms with Gasteiger partial charge in [0.1, 0.15) is 0 Å². The van der Waals surface area contributed by atoms with E-state index in [-0.39, 0.29) is 6.42 Å². The molecule has 0 spiro atoms. The highest BCUT2D eigenvalue weighted by atomic mass is 16.7. The van der Waals surface area contributed by atoms with Crippen molar-refractivity contribution >= 4 is 18.0 Å². The minimum Gasteiger partial charge on any atom is -0.481 e. The third-order valence-corrected chi connectivity index (χ3v) is 2.85. The molecule has 96 valence electrons. The molecule has 0 fully saturated rings. The summed E-state index contributed by atoms with van der Waals surface area (Å²) in [7, 11) is 0. The summed E-state index contributed by atoms with van der Waals surface area (Å²) >= 11 is 0. The molecule has 6 nitrogen and oxygen atoms in total. The van der Waals surface area contributed by atoms with Crippen molar-refractivity contribution in [3.63, 3.8) is 0 Å². The lowest BCUT2D eigenvalue weighted by atomic mass is 9.72. The third kappa shape index (κ3) is 4.00. The number of hydrogen-bond donors (Lipinski definition) is 1. The lowest BCUT2D eigenvalue weighted by Gasteiger charge is -2.31. The van der Waals surface area contributed by atoms with Crippen LogP contribution >= 0.6 is 0 Å². The maximum Gasteiger partial charge on any atom is 0.341 e. The molecule has 1 atom stereocenters. The average molecular weight is 243 g/mol. The minimum absolute atomic E-state index is 0.0963. The number of carboxylic acids is 1. The highest BCUT2D eigenvalue weighted by Crippen LogP contribution is 2.37. The van der Waals surface area contributed by atoms with Crippen LogP contribution in [0.4, 0.5) is 0 Å². The highest BCUT2D eigenvalue weighted by Gasteiger charge is 2.42. The van der Waals surface area contributed by atoms with Crippen LogP contribution in [0.3, 0.4) is 0 Å². The number of isocyanates is 1. The van der Waals surface area contributed by atoms with E-state index in [1.807, 2.05) is 0 Å². The van der Waals surface area contributed by atoms with Crippen LogP contribution in [0.25, 0.3) is 0 Å². The van der Waals surface area contributed by atoms with E-state index < -0.39 is 22.8 Å². The molecule has 0 amide bonds. The monoisotopic (exact) mass is 243 g/mol. The maximum atomic E-state index is 11.6. The maximum absolute atomic E-state index is 11.6. The second-order valence-electron chi connectivity index (χ2n) is 4.84. The van der Waals surface area contributed by atoms with E-state index in [1.165, 1.54) is 0 Å². The Labute approximate surface area is 99.6 Å².